The highest BCUT2D eigenvalue weighted by Crippen LogP contribution is 2.34. The summed E-state index contributed by atoms with van der Waals surface area (Å²) in [6.45, 7) is 14.9. The molecule has 6 rings (SSSR count). The standard InChI is InChI=1S/C38H48ClN7O2/c1-38(2,32-23-30(26-40)24-33(39)25-32)31-3-5-36(6-4-31)48-28-34-7-12-41-37(42-34)46-19-17-44(18-20-46)27-29-8-15-45(16-9-29)35-10-13-43(14-11-35)21-22-47/h3-7,12,22-25,29,35H,8-11,13-21,27-28H2,1-2H3. The smallest absolute Gasteiger partial charge is 0.225 e. The van der Waals surface area contributed by atoms with Crippen molar-refractivity contribution in [1.82, 2.24) is 24.7 Å². The lowest BCUT2D eigenvalue weighted by Gasteiger charge is -2.43. The number of anilines is 1. The second kappa shape index (κ2) is 15.8. The first kappa shape index (κ1) is 34.3. The number of nitriles is 1. The molecule has 0 spiro atoms. The maximum absolute atomic E-state index is 10.8. The molecule has 3 aliphatic heterocycles. The molecule has 254 valence electrons. The molecule has 0 saturated carbocycles. The van der Waals surface area contributed by atoms with Gasteiger partial charge in [0.1, 0.15) is 18.6 Å². The third-order valence-electron chi connectivity index (χ3n) is 10.6. The molecule has 0 amide bonds. The molecule has 0 atom stereocenters. The van der Waals surface area contributed by atoms with Crippen LogP contribution in [0.1, 0.15) is 61.9 Å². The number of aldehydes is 1. The summed E-state index contributed by atoms with van der Waals surface area (Å²) in [6.07, 6.45) is 7.82. The van der Waals surface area contributed by atoms with Gasteiger partial charge in [-0.15, -0.1) is 0 Å². The van der Waals surface area contributed by atoms with Gasteiger partial charge in [-0.3, -0.25) is 9.80 Å². The van der Waals surface area contributed by atoms with Gasteiger partial charge in [-0.05, 0) is 92.2 Å². The third kappa shape index (κ3) is 8.53. The maximum atomic E-state index is 10.8. The average Bonchev–Trinajstić information content (AvgIpc) is 3.12. The summed E-state index contributed by atoms with van der Waals surface area (Å²) in [6, 6.07) is 18.4. The van der Waals surface area contributed by atoms with Crippen LogP contribution in [0, 0.1) is 17.2 Å². The minimum Gasteiger partial charge on any atom is -0.487 e. The lowest BCUT2D eigenvalue weighted by molar-refractivity contribution is -0.109. The van der Waals surface area contributed by atoms with E-state index in [0.29, 0.717) is 29.8 Å². The van der Waals surface area contributed by atoms with Crippen molar-refractivity contribution in [3.8, 4) is 11.8 Å². The Morgan fingerprint density at radius 1 is 0.917 bits per heavy atom. The van der Waals surface area contributed by atoms with Crippen LogP contribution >= 0.6 is 11.6 Å². The number of nitrogens with zero attached hydrogens (tertiary/aromatic N) is 7. The first-order valence-corrected chi connectivity index (χ1v) is 17.8. The monoisotopic (exact) mass is 669 g/mol. The molecule has 0 aliphatic carbocycles. The van der Waals surface area contributed by atoms with Crippen LogP contribution in [-0.4, -0.2) is 102 Å². The Kier molecular flexibility index (Phi) is 11.3. The number of rotatable bonds is 11. The van der Waals surface area contributed by atoms with Crippen LogP contribution in [0.25, 0.3) is 0 Å². The average molecular weight is 670 g/mol. The number of ether oxygens (including phenoxy) is 1. The van der Waals surface area contributed by atoms with E-state index in [4.69, 9.17) is 21.3 Å². The van der Waals surface area contributed by atoms with Gasteiger partial charge >= 0.3 is 0 Å². The van der Waals surface area contributed by atoms with E-state index in [1.165, 1.54) is 45.3 Å². The van der Waals surface area contributed by atoms with Crippen molar-refractivity contribution < 1.29 is 9.53 Å². The molecular weight excluding hydrogens is 622 g/mol. The second-order valence-corrected chi connectivity index (χ2v) is 14.5. The Morgan fingerprint density at radius 3 is 2.33 bits per heavy atom. The van der Waals surface area contributed by atoms with E-state index in [1.807, 2.05) is 36.5 Å². The van der Waals surface area contributed by atoms with Crippen LogP contribution in [0.4, 0.5) is 5.95 Å². The zero-order valence-corrected chi connectivity index (χ0v) is 29.1. The first-order chi connectivity index (χ1) is 23.3. The summed E-state index contributed by atoms with van der Waals surface area (Å²) in [5.41, 5.74) is 3.20. The van der Waals surface area contributed by atoms with Gasteiger partial charge in [0.25, 0.3) is 0 Å². The number of hydrogen-bond acceptors (Lipinski definition) is 9. The number of carbonyl (C=O) groups is 1. The number of halogens is 1. The van der Waals surface area contributed by atoms with E-state index in [1.54, 1.807) is 6.07 Å². The Labute approximate surface area is 290 Å². The summed E-state index contributed by atoms with van der Waals surface area (Å²) in [5.74, 6) is 2.32. The van der Waals surface area contributed by atoms with Crippen LogP contribution in [0.3, 0.4) is 0 Å². The van der Waals surface area contributed by atoms with E-state index < -0.39 is 0 Å². The molecule has 48 heavy (non-hydrogen) atoms. The zero-order chi connectivity index (χ0) is 33.5. The molecule has 0 unspecified atom stereocenters. The molecular formula is C38H48ClN7O2. The van der Waals surface area contributed by atoms with Crippen LogP contribution in [-0.2, 0) is 16.8 Å². The van der Waals surface area contributed by atoms with E-state index in [-0.39, 0.29) is 5.41 Å². The van der Waals surface area contributed by atoms with Gasteiger partial charge in [-0.2, -0.15) is 5.26 Å². The van der Waals surface area contributed by atoms with Crippen molar-refractivity contribution in [2.75, 3.05) is 70.3 Å². The molecule has 3 aliphatic rings. The Hall–Kier alpha value is -3.55. The number of piperidine rings is 2. The molecule has 9 nitrogen and oxygen atoms in total. The van der Waals surface area contributed by atoms with E-state index in [9.17, 15) is 10.1 Å². The fourth-order valence-electron chi connectivity index (χ4n) is 7.49. The predicted molar refractivity (Wildman–Crippen MR) is 190 cm³/mol. The van der Waals surface area contributed by atoms with Gasteiger partial charge in [-0.1, -0.05) is 37.6 Å². The molecule has 3 saturated heterocycles. The third-order valence-corrected chi connectivity index (χ3v) is 10.9. The van der Waals surface area contributed by atoms with Crippen LogP contribution in [0.5, 0.6) is 5.75 Å². The lowest BCUT2D eigenvalue weighted by Crippen LogP contribution is -2.51. The molecule has 0 radical (unpaired) electrons. The van der Waals surface area contributed by atoms with Gasteiger partial charge in [0.2, 0.25) is 5.95 Å². The lowest BCUT2D eigenvalue weighted by atomic mass is 9.78. The molecule has 3 fully saturated rings. The molecule has 2 aromatic carbocycles. The summed E-state index contributed by atoms with van der Waals surface area (Å²) in [7, 11) is 0. The molecule has 4 heterocycles. The number of carbonyl (C=O) groups excluding carboxylic acids is 1. The van der Waals surface area contributed by atoms with Gasteiger partial charge in [0.15, 0.2) is 0 Å². The van der Waals surface area contributed by atoms with Crippen molar-refractivity contribution in [3.05, 3.63) is 82.1 Å². The number of likely N-dealkylation sites (tertiary alicyclic amines) is 2. The van der Waals surface area contributed by atoms with Crippen LogP contribution < -0.4 is 9.64 Å². The predicted octanol–water partition coefficient (Wildman–Crippen LogP) is 5.40. The topological polar surface area (TPSA) is 88.8 Å². The highest BCUT2D eigenvalue weighted by molar-refractivity contribution is 6.30. The summed E-state index contributed by atoms with van der Waals surface area (Å²) >= 11 is 6.29. The number of aromatic nitrogens is 2. The molecule has 0 N–H and O–H groups in total. The largest absolute Gasteiger partial charge is 0.487 e. The number of piperazine rings is 1. The normalized spacial score (nSPS) is 19.2. The zero-order valence-electron chi connectivity index (χ0n) is 28.4. The van der Waals surface area contributed by atoms with Crippen molar-refractivity contribution in [2.24, 2.45) is 5.92 Å². The molecule has 10 heteroatoms. The molecule has 0 bridgehead atoms. The van der Waals surface area contributed by atoms with Crippen molar-refractivity contribution in [3.63, 3.8) is 0 Å². The van der Waals surface area contributed by atoms with E-state index in [2.05, 4.69) is 56.6 Å². The molecule has 3 aromatic rings. The Balaban J connectivity index is 0.941. The molecule has 1 aromatic heterocycles. The minimum atomic E-state index is -0.324. The van der Waals surface area contributed by atoms with Crippen LogP contribution in [0.2, 0.25) is 5.02 Å². The van der Waals surface area contributed by atoms with Crippen molar-refractivity contribution in [1.29, 1.82) is 5.26 Å². The second-order valence-electron chi connectivity index (χ2n) is 14.1. The van der Waals surface area contributed by atoms with Gasteiger partial charge in [0.05, 0.1) is 23.9 Å². The maximum Gasteiger partial charge on any atom is 0.225 e. The van der Waals surface area contributed by atoms with Gasteiger partial charge < -0.3 is 19.3 Å². The van der Waals surface area contributed by atoms with Gasteiger partial charge in [-0.25, -0.2) is 9.97 Å². The summed E-state index contributed by atoms with van der Waals surface area (Å²) in [4.78, 5) is 30.2. The Morgan fingerprint density at radius 2 is 1.65 bits per heavy atom. The van der Waals surface area contributed by atoms with E-state index in [0.717, 1.165) is 80.0 Å². The summed E-state index contributed by atoms with van der Waals surface area (Å²) < 4.78 is 6.13. The fraction of sp³-hybridized carbons (Fsp3) is 0.526. The Bertz CT molecular complexity index is 1550. The van der Waals surface area contributed by atoms with Crippen molar-refractivity contribution >= 4 is 23.8 Å². The summed E-state index contributed by atoms with van der Waals surface area (Å²) in [5, 5.41) is 9.94. The highest BCUT2D eigenvalue weighted by atomic mass is 35.5. The minimum absolute atomic E-state index is 0.324. The quantitative estimate of drug-likeness (QED) is 0.249. The van der Waals surface area contributed by atoms with E-state index >= 15 is 0 Å². The SMILES string of the molecule is CC(C)(c1ccc(OCc2ccnc(N3CCN(CC4CCN(C5CCN(CC=O)CC5)CC4)CC3)n2)cc1)c1cc(Cl)cc(C#N)c1. The van der Waals surface area contributed by atoms with Gasteiger partial charge in [0, 0.05) is 68.5 Å². The van der Waals surface area contributed by atoms with Crippen molar-refractivity contribution in [2.45, 2.75) is 57.6 Å². The first-order valence-electron chi connectivity index (χ1n) is 17.4. The van der Waals surface area contributed by atoms with Crippen LogP contribution in [0.15, 0.2) is 54.7 Å². The highest BCUT2D eigenvalue weighted by Gasteiger charge is 2.30. The number of hydrogen-bond donors (Lipinski definition) is 0. The fourth-order valence-corrected chi connectivity index (χ4v) is 7.73. The number of benzene rings is 2.